The second-order valence-electron chi connectivity index (χ2n) is 6.82. The number of fused-ring (bicyclic) bond motifs is 2. The van der Waals surface area contributed by atoms with Crippen LogP contribution < -0.4 is 9.47 Å². The number of aromatic nitrogens is 2. The van der Waals surface area contributed by atoms with E-state index in [9.17, 15) is 8.78 Å². The number of H-pyrrole nitrogens is 1. The lowest BCUT2D eigenvalue weighted by atomic mass is 10.0. The summed E-state index contributed by atoms with van der Waals surface area (Å²) in [7, 11) is 0. The van der Waals surface area contributed by atoms with Gasteiger partial charge in [-0.2, -0.15) is 0 Å². The Bertz CT molecular complexity index is 871. The number of hydrogen-bond donors (Lipinski definition) is 1. The highest BCUT2D eigenvalue weighted by Crippen LogP contribution is 2.42. The van der Waals surface area contributed by atoms with Gasteiger partial charge in [0.2, 0.25) is 0 Å². The van der Waals surface area contributed by atoms with Gasteiger partial charge in [0, 0.05) is 5.92 Å². The molecular formula is C20H22F2N2O2. The van der Waals surface area contributed by atoms with E-state index in [-0.39, 0.29) is 17.4 Å². The molecule has 0 saturated carbocycles. The number of nitrogens with zero attached hydrogens (tertiary/aromatic N) is 1. The maximum absolute atomic E-state index is 12.6. The van der Waals surface area contributed by atoms with Crippen molar-refractivity contribution in [3.63, 3.8) is 0 Å². The van der Waals surface area contributed by atoms with Gasteiger partial charge < -0.3 is 14.5 Å². The molecule has 3 aromatic rings. The first-order chi connectivity index (χ1) is 12.2. The summed E-state index contributed by atoms with van der Waals surface area (Å²) >= 11 is 0. The number of benzene rings is 2. The van der Waals surface area contributed by atoms with Crippen LogP contribution in [0, 0.1) is 0 Å². The Balaban J connectivity index is 0.000000152. The van der Waals surface area contributed by atoms with Crippen LogP contribution in [0.2, 0.25) is 0 Å². The van der Waals surface area contributed by atoms with Gasteiger partial charge in [-0.05, 0) is 35.7 Å². The molecule has 0 atom stereocenters. The second kappa shape index (κ2) is 6.94. The Kier molecular flexibility index (Phi) is 4.85. The molecule has 2 heterocycles. The van der Waals surface area contributed by atoms with E-state index in [0.29, 0.717) is 5.92 Å². The normalized spacial score (nSPS) is 14.6. The monoisotopic (exact) mass is 360 g/mol. The molecule has 0 fully saturated rings. The van der Waals surface area contributed by atoms with Gasteiger partial charge in [-0.1, -0.05) is 45.9 Å². The molecule has 0 aliphatic carbocycles. The zero-order valence-electron chi connectivity index (χ0n) is 15.2. The number of nitrogens with one attached hydrogen (secondary N) is 1. The highest BCUT2D eigenvalue weighted by Gasteiger charge is 2.43. The maximum Gasteiger partial charge on any atom is 0.586 e. The summed E-state index contributed by atoms with van der Waals surface area (Å²) in [5.41, 5.74) is 3.13. The molecule has 0 saturated heterocycles. The van der Waals surface area contributed by atoms with Crippen molar-refractivity contribution < 1.29 is 18.3 Å². The Morgan fingerprint density at radius 1 is 0.923 bits per heavy atom. The van der Waals surface area contributed by atoms with Crippen LogP contribution in [0.1, 0.15) is 50.9 Å². The van der Waals surface area contributed by atoms with Crippen LogP contribution in [0.5, 0.6) is 11.5 Å². The lowest BCUT2D eigenvalue weighted by molar-refractivity contribution is -0.286. The summed E-state index contributed by atoms with van der Waals surface area (Å²) in [6, 6.07) is 12.9. The third-order valence-corrected chi connectivity index (χ3v) is 4.05. The van der Waals surface area contributed by atoms with Gasteiger partial charge in [0.15, 0.2) is 11.5 Å². The van der Waals surface area contributed by atoms with Crippen LogP contribution in [0.25, 0.3) is 11.0 Å². The molecule has 1 aliphatic rings. The average Bonchev–Trinajstić information content (AvgIpc) is 3.13. The first-order valence-electron chi connectivity index (χ1n) is 8.59. The van der Waals surface area contributed by atoms with Crippen molar-refractivity contribution >= 4 is 11.0 Å². The quantitative estimate of drug-likeness (QED) is 0.626. The first-order valence-corrected chi connectivity index (χ1v) is 8.59. The summed E-state index contributed by atoms with van der Waals surface area (Å²) in [5, 5.41) is 0. The number of ether oxygens (including phenoxy) is 2. The number of para-hydroxylation sites is 2. The molecule has 0 spiro atoms. The van der Waals surface area contributed by atoms with Crippen LogP contribution in [-0.4, -0.2) is 16.3 Å². The summed E-state index contributed by atoms with van der Waals surface area (Å²) in [4.78, 5) is 7.74. The van der Waals surface area contributed by atoms with E-state index in [2.05, 4.69) is 33.3 Å². The van der Waals surface area contributed by atoms with Crippen molar-refractivity contribution in [3.8, 4) is 11.5 Å². The molecule has 1 aromatic heterocycles. The largest absolute Gasteiger partial charge is 0.586 e. The van der Waals surface area contributed by atoms with Crippen molar-refractivity contribution in [2.24, 2.45) is 0 Å². The predicted molar refractivity (Wildman–Crippen MR) is 96.9 cm³/mol. The van der Waals surface area contributed by atoms with Gasteiger partial charge in [-0.25, -0.2) is 4.98 Å². The van der Waals surface area contributed by atoms with E-state index in [0.717, 1.165) is 22.4 Å². The smallest absolute Gasteiger partial charge is 0.395 e. The van der Waals surface area contributed by atoms with Crippen molar-refractivity contribution in [1.82, 2.24) is 9.97 Å². The minimum atomic E-state index is -3.52. The van der Waals surface area contributed by atoms with E-state index in [1.807, 2.05) is 38.1 Å². The summed E-state index contributed by atoms with van der Waals surface area (Å²) in [6.07, 6.45) is -3.52. The summed E-state index contributed by atoms with van der Waals surface area (Å²) < 4.78 is 33.9. The van der Waals surface area contributed by atoms with E-state index >= 15 is 0 Å². The molecule has 4 nitrogen and oxygen atoms in total. The van der Waals surface area contributed by atoms with Crippen LogP contribution in [0.4, 0.5) is 8.78 Å². The van der Waals surface area contributed by atoms with E-state index < -0.39 is 6.29 Å². The van der Waals surface area contributed by atoms with Gasteiger partial charge in [-0.3, -0.25) is 0 Å². The maximum atomic E-state index is 12.6. The SMILES string of the molecule is CC(C)c1ccc2c(c1)OC(F)(F)O2.CC(C)c1nc2ccccc2[nH]1. The van der Waals surface area contributed by atoms with Gasteiger partial charge in [0.25, 0.3) is 0 Å². The van der Waals surface area contributed by atoms with Crippen LogP contribution in [-0.2, 0) is 0 Å². The van der Waals surface area contributed by atoms with Crippen LogP contribution >= 0.6 is 0 Å². The molecule has 138 valence electrons. The van der Waals surface area contributed by atoms with E-state index in [1.54, 1.807) is 12.1 Å². The number of rotatable bonds is 2. The fourth-order valence-electron chi connectivity index (χ4n) is 2.57. The molecule has 6 heteroatoms. The molecule has 0 amide bonds. The molecule has 1 aliphatic heterocycles. The third kappa shape index (κ3) is 3.95. The van der Waals surface area contributed by atoms with Gasteiger partial charge in [0.1, 0.15) is 5.82 Å². The third-order valence-electron chi connectivity index (χ3n) is 4.05. The Morgan fingerprint density at radius 2 is 1.62 bits per heavy atom. The van der Waals surface area contributed by atoms with Crippen molar-refractivity contribution in [3.05, 3.63) is 53.9 Å². The van der Waals surface area contributed by atoms with E-state index in [4.69, 9.17) is 0 Å². The molecule has 2 aromatic carbocycles. The highest BCUT2D eigenvalue weighted by molar-refractivity contribution is 5.74. The topological polar surface area (TPSA) is 47.1 Å². The molecular weight excluding hydrogens is 338 g/mol. The number of alkyl halides is 2. The molecule has 4 rings (SSSR count). The Hall–Kier alpha value is -2.63. The first kappa shape index (κ1) is 18.2. The zero-order chi connectivity index (χ0) is 18.9. The predicted octanol–water partition coefficient (Wildman–Crippen LogP) is 5.82. The lowest BCUT2D eigenvalue weighted by Crippen LogP contribution is -2.25. The standard InChI is InChI=1S/C10H10F2O2.C10H12N2/c1-6(2)7-3-4-8-9(5-7)14-10(11,12)13-8;1-7(2)10-11-8-5-3-4-6-9(8)12-10/h3-6H,1-2H3;3-7H,1-2H3,(H,11,12). The molecule has 0 bridgehead atoms. The Morgan fingerprint density at radius 3 is 2.27 bits per heavy atom. The number of aromatic amines is 1. The summed E-state index contributed by atoms with van der Waals surface area (Å²) in [6.45, 7) is 8.24. The molecule has 0 radical (unpaired) electrons. The van der Waals surface area contributed by atoms with Crippen LogP contribution in [0.3, 0.4) is 0 Å². The van der Waals surface area contributed by atoms with Crippen molar-refractivity contribution in [2.75, 3.05) is 0 Å². The molecule has 26 heavy (non-hydrogen) atoms. The Labute approximate surface area is 151 Å². The molecule has 1 N–H and O–H groups in total. The fraction of sp³-hybridized carbons (Fsp3) is 0.350. The minimum absolute atomic E-state index is 0.0967. The highest BCUT2D eigenvalue weighted by atomic mass is 19.3. The van der Waals surface area contributed by atoms with Gasteiger partial charge in [0.05, 0.1) is 11.0 Å². The number of imidazole rings is 1. The average molecular weight is 360 g/mol. The van der Waals surface area contributed by atoms with Crippen molar-refractivity contribution in [1.29, 1.82) is 0 Å². The summed E-state index contributed by atoms with van der Waals surface area (Å²) in [5.74, 6) is 2.02. The van der Waals surface area contributed by atoms with Gasteiger partial charge in [-0.15, -0.1) is 8.78 Å². The van der Waals surface area contributed by atoms with Crippen LogP contribution in [0.15, 0.2) is 42.5 Å². The molecule has 0 unspecified atom stereocenters. The second-order valence-corrected chi connectivity index (χ2v) is 6.82. The van der Waals surface area contributed by atoms with Crippen molar-refractivity contribution in [2.45, 2.75) is 45.8 Å². The number of hydrogen-bond acceptors (Lipinski definition) is 3. The minimum Gasteiger partial charge on any atom is -0.395 e. The lowest BCUT2D eigenvalue weighted by Gasteiger charge is -2.05. The zero-order valence-corrected chi connectivity index (χ0v) is 15.2. The van der Waals surface area contributed by atoms with Gasteiger partial charge >= 0.3 is 6.29 Å². The number of halogens is 2. The van der Waals surface area contributed by atoms with E-state index in [1.165, 1.54) is 6.07 Å². The fourth-order valence-corrected chi connectivity index (χ4v) is 2.57.